The minimum Gasteiger partial charge on any atom is -0.383 e. The van der Waals surface area contributed by atoms with Crippen molar-refractivity contribution in [2.45, 2.75) is 37.3 Å². The summed E-state index contributed by atoms with van der Waals surface area (Å²) in [5, 5.41) is 14.3. The minimum absolute atomic E-state index is 0.0227. The highest BCUT2D eigenvalue weighted by Crippen LogP contribution is 2.53. The van der Waals surface area contributed by atoms with E-state index in [0.717, 1.165) is 19.4 Å². The number of aromatic amines is 1. The maximum absolute atomic E-state index is 13.4. The third kappa shape index (κ3) is 5.74. The maximum atomic E-state index is 13.4. The number of H-pyrrole nitrogens is 1. The monoisotopic (exact) mass is 559 g/mol. The topological polar surface area (TPSA) is 131 Å². The molecule has 10 nitrogen and oxygen atoms in total. The zero-order valence-corrected chi connectivity index (χ0v) is 22.2. The summed E-state index contributed by atoms with van der Waals surface area (Å²) in [6.07, 6.45) is 4.71. The first kappa shape index (κ1) is 28.1. The van der Waals surface area contributed by atoms with Crippen molar-refractivity contribution in [3.8, 4) is 11.8 Å². The molecule has 1 aliphatic heterocycles. The Labute approximate surface area is 228 Å². The third-order valence-corrected chi connectivity index (χ3v) is 6.89. The Hall–Kier alpha value is -3.95. The van der Waals surface area contributed by atoms with Gasteiger partial charge in [0, 0.05) is 32.5 Å². The maximum Gasteiger partial charge on any atom is 0.272 e. The number of rotatable bonds is 6. The average Bonchev–Trinajstić information content (AvgIpc) is 3.37. The van der Waals surface area contributed by atoms with Crippen molar-refractivity contribution < 1.29 is 23.1 Å². The Balaban J connectivity index is 0.000000247. The molecular formula is C26H28ClF2N7O3. The lowest BCUT2D eigenvalue weighted by molar-refractivity contribution is -0.127. The summed E-state index contributed by atoms with van der Waals surface area (Å²) in [5.41, 5.74) is 6.66. The second-order valence-corrected chi connectivity index (χ2v) is 9.51. The molecule has 13 heteroatoms. The molecular weight excluding hydrogens is 532 g/mol. The summed E-state index contributed by atoms with van der Waals surface area (Å²) in [6, 6.07) is 2.52. The van der Waals surface area contributed by atoms with Gasteiger partial charge in [-0.05, 0) is 37.0 Å². The normalized spacial score (nSPS) is 19.1. The number of carbonyl (C=O) groups is 2. The molecule has 0 spiro atoms. The van der Waals surface area contributed by atoms with E-state index in [-0.39, 0.29) is 35.4 Å². The highest BCUT2D eigenvalue weighted by Gasteiger charge is 2.59. The number of benzene rings is 1. The van der Waals surface area contributed by atoms with Crippen molar-refractivity contribution in [1.82, 2.24) is 24.9 Å². The molecule has 4 N–H and O–H groups in total. The average molecular weight is 560 g/mol. The first-order valence-electron chi connectivity index (χ1n) is 12.2. The van der Waals surface area contributed by atoms with E-state index < -0.39 is 17.9 Å². The molecule has 3 heterocycles. The van der Waals surface area contributed by atoms with E-state index in [2.05, 4.69) is 39.0 Å². The second-order valence-electron chi connectivity index (χ2n) is 9.10. The summed E-state index contributed by atoms with van der Waals surface area (Å²) in [6.45, 7) is 4.95. The van der Waals surface area contributed by atoms with Gasteiger partial charge in [-0.2, -0.15) is 10.2 Å². The number of hydrogen-bond acceptors (Lipinski definition) is 6. The van der Waals surface area contributed by atoms with Gasteiger partial charge in [-0.15, -0.1) is 0 Å². The van der Waals surface area contributed by atoms with E-state index in [1.807, 2.05) is 4.90 Å². The predicted octanol–water partition coefficient (Wildman–Crippen LogP) is 3.34. The first-order valence-corrected chi connectivity index (χ1v) is 12.5. The Morgan fingerprint density at radius 3 is 2.77 bits per heavy atom. The van der Waals surface area contributed by atoms with Crippen LogP contribution < -0.4 is 11.1 Å². The number of aromatic nitrogens is 4. The molecule has 206 valence electrons. The van der Waals surface area contributed by atoms with E-state index in [0.29, 0.717) is 28.1 Å². The lowest BCUT2D eigenvalue weighted by Gasteiger charge is -2.22. The van der Waals surface area contributed by atoms with Crippen LogP contribution in [0.25, 0.3) is 10.9 Å². The molecule has 2 aliphatic rings. The van der Waals surface area contributed by atoms with E-state index in [1.165, 1.54) is 17.0 Å². The predicted molar refractivity (Wildman–Crippen MR) is 143 cm³/mol. The number of halogens is 3. The van der Waals surface area contributed by atoms with Gasteiger partial charge in [0.1, 0.15) is 17.3 Å². The molecule has 0 bridgehead atoms. The van der Waals surface area contributed by atoms with E-state index in [9.17, 15) is 18.4 Å². The number of nitrogens with two attached hydrogens (primary N) is 1. The molecule has 39 heavy (non-hydrogen) atoms. The number of likely N-dealkylation sites (tertiary alicyclic amines) is 1. The van der Waals surface area contributed by atoms with Gasteiger partial charge in [0.05, 0.1) is 34.9 Å². The van der Waals surface area contributed by atoms with Crippen molar-refractivity contribution in [2.24, 2.45) is 5.73 Å². The van der Waals surface area contributed by atoms with Crippen LogP contribution >= 0.6 is 11.6 Å². The molecule has 2 amide bonds. The fraction of sp³-hybridized carbons (Fsp3) is 0.385. The number of nitrogens with one attached hydrogen (secondary N) is 2. The summed E-state index contributed by atoms with van der Waals surface area (Å²) in [5.74, 6) is 2.52. The fourth-order valence-electron chi connectivity index (χ4n) is 4.52. The van der Waals surface area contributed by atoms with Crippen LogP contribution in [0.15, 0.2) is 31.0 Å². The molecule has 3 aromatic rings. The number of carbonyl (C=O) groups excluding carboxylic acids is 2. The lowest BCUT2D eigenvalue weighted by atomic mass is 10.1. The number of ether oxygens (including phenoxy) is 1. The number of primary amides is 1. The summed E-state index contributed by atoms with van der Waals surface area (Å²) in [7, 11) is 3.26. The van der Waals surface area contributed by atoms with Crippen LogP contribution in [0, 0.1) is 11.8 Å². The van der Waals surface area contributed by atoms with Gasteiger partial charge in [-0.25, -0.2) is 8.78 Å². The number of fused-ring (bicyclic) bond motifs is 1. The molecule has 2 atom stereocenters. The Bertz CT molecular complexity index is 1470. The zero-order chi connectivity index (χ0) is 28.3. The smallest absolute Gasteiger partial charge is 0.272 e. The minimum atomic E-state index is -2.75. The van der Waals surface area contributed by atoms with Gasteiger partial charge in [0.15, 0.2) is 5.82 Å². The van der Waals surface area contributed by atoms with Crippen molar-refractivity contribution in [3.63, 3.8) is 0 Å². The van der Waals surface area contributed by atoms with Crippen LogP contribution in [0.5, 0.6) is 0 Å². The standard InChI is InChI=1S/C17H13ClF2N6O.C9H15NO2/c1-22-16-14(15(21)27)11(24-25-16)4-2-8-9-7-23-26(13-6-17(13,19)20)12(9)5-3-10(8)18;1-3-9(11)10-6-4-5-8(10)7-12-2/h3,5,7,13H,6H2,1H3,(H2,21,27)(H2,22,24,25);3,8H,1,4-7H2,2H3. The molecule has 5 rings (SSSR count). The number of nitrogens with zero attached hydrogens (tertiary/aromatic N) is 4. The highest BCUT2D eigenvalue weighted by atomic mass is 35.5. The summed E-state index contributed by atoms with van der Waals surface area (Å²) < 4.78 is 33.1. The van der Waals surface area contributed by atoms with Crippen molar-refractivity contribution >= 4 is 40.1 Å². The molecule has 2 aromatic heterocycles. The van der Waals surface area contributed by atoms with Crippen LogP contribution in [0.3, 0.4) is 0 Å². The molecule has 1 saturated carbocycles. The molecule has 1 saturated heterocycles. The molecule has 1 aromatic carbocycles. The largest absolute Gasteiger partial charge is 0.383 e. The van der Waals surface area contributed by atoms with Crippen LogP contribution in [-0.4, -0.2) is 76.0 Å². The number of anilines is 1. The van der Waals surface area contributed by atoms with Gasteiger partial charge < -0.3 is 20.7 Å². The lowest BCUT2D eigenvalue weighted by Crippen LogP contribution is -2.36. The number of alkyl halides is 2. The molecule has 0 radical (unpaired) electrons. The van der Waals surface area contributed by atoms with Crippen molar-refractivity contribution in [3.05, 3.63) is 52.8 Å². The van der Waals surface area contributed by atoms with E-state index >= 15 is 0 Å². The Kier molecular flexibility index (Phi) is 8.22. The molecule has 2 unspecified atom stereocenters. The van der Waals surface area contributed by atoms with E-state index in [1.54, 1.807) is 26.3 Å². The van der Waals surface area contributed by atoms with E-state index in [4.69, 9.17) is 22.1 Å². The fourth-order valence-corrected chi connectivity index (χ4v) is 4.73. The van der Waals surface area contributed by atoms with Gasteiger partial charge in [-0.3, -0.25) is 19.4 Å². The quantitative estimate of drug-likeness (QED) is 0.313. The molecule has 2 fully saturated rings. The van der Waals surface area contributed by atoms with Gasteiger partial charge in [-0.1, -0.05) is 24.1 Å². The van der Waals surface area contributed by atoms with Crippen LogP contribution in [-0.2, 0) is 9.53 Å². The van der Waals surface area contributed by atoms with Gasteiger partial charge in [0.25, 0.3) is 11.8 Å². The third-order valence-electron chi connectivity index (χ3n) is 6.57. The summed E-state index contributed by atoms with van der Waals surface area (Å²) >= 11 is 6.25. The van der Waals surface area contributed by atoms with Crippen molar-refractivity contribution in [2.75, 3.05) is 32.6 Å². The highest BCUT2D eigenvalue weighted by molar-refractivity contribution is 6.32. The van der Waals surface area contributed by atoms with Crippen LogP contribution in [0.1, 0.15) is 46.9 Å². The number of hydrogen-bond donors (Lipinski definition) is 3. The van der Waals surface area contributed by atoms with Crippen LogP contribution in [0.4, 0.5) is 14.6 Å². The van der Waals surface area contributed by atoms with Crippen molar-refractivity contribution in [1.29, 1.82) is 0 Å². The van der Waals surface area contributed by atoms with Gasteiger partial charge in [0.2, 0.25) is 5.91 Å². The second kappa shape index (κ2) is 11.4. The first-order chi connectivity index (χ1) is 18.6. The summed E-state index contributed by atoms with van der Waals surface area (Å²) in [4.78, 5) is 24.7. The molecule has 1 aliphatic carbocycles. The zero-order valence-electron chi connectivity index (χ0n) is 21.4. The number of methoxy groups -OCH3 is 1. The Morgan fingerprint density at radius 1 is 1.41 bits per heavy atom. The Morgan fingerprint density at radius 2 is 2.15 bits per heavy atom. The van der Waals surface area contributed by atoms with Crippen LogP contribution in [0.2, 0.25) is 5.02 Å². The number of amides is 2. The SMILES string of the molecule is C=CC(=O)N1CCCC1COC.CNc1n[nH]c(C#Cc2c(Cl)ccc3c2cnn3C2CC2(F)F)c1C(N)=O. The van der Waals surface area contributed by atoms with Gasteiger partial charge >= 0.3 is 0 Å².